The molecule has 0 bridgehead atoms. The first-order valence-corrected chi connectivity index (χ1v) is 10.9. The Morgan fingerprint density at radius 3 is 2.48 bits per heavy atom. The summed E-state index contributed by atoms with van der Waals surface area (Å²) < 4.78 is 0. The summed E-state index contributed by atoms with van der Waals surface area (Å²) in [5, 5.41) is 3.75. The quantitative estimate of drug-likeness (QED) is 0.520. The van der Waals surface area contributed by atoms with Gasteiger partial charge in [-0.1, -0.05) is 71.7 Å². The first-order valence-electron chi connectivity index (χ1n) is 10.2. The number of nitrogens with zero attached hydrogens (tertiary/aromatic N) is 1. The van der Waals surface area contributed by atoms with E-state index in [0.29, 0.717) is 35.1 Å². The molecule has 3 aromatic rings. The van der Waals surface area contributed by atoms with Crippen LogP contribution in [0.1, 0.15) is 34.3 Å². The number of rotatable bonds is 6. The molecule has 1 saturated heterocycles. The Morgan fingerprint density at radius 2 is 1.77 bits per heavy atom. The summed E-state index contributed by atoms with van der Waals surface area (Å²) in [4.78, 5) is 26.3. The van der Waals surface area contributed by atoms with E-state index in [1.54, 1.807) is 18.2 Å². The molecule has 3 aromatic carbocycles. The maximum absolute atomic E-state index is 12.6. The Hall–Kier alpha value is -2.82. The summed E-state index contributed by atoms with van der Waals surface area (Å²) in [6, 6.07) is 21.0. The molecule has 0 spiro atoms. The van der Waals surface area contributed by atoms with Gasteiger partial charge in [0.2, 0.25) is 5.91 Å². The molecule has 4 nitrogen and oxygen atoms in total. The summed E-state index contributed by atoms with van der Waals surface area (Å²) in [7, 11) is 0. The molecule has 0 radical (unpaired) electrons. The zero-order valence-corrected chi connectivity index (χ0v) is 18.4. The van der Waals surface area contributed by atoms with Gasteiger partial charge in [-0.05, 0) is 46.9 Å². The molecular formula is C25H22Cl2N2O2. The monoisotopic (exact) mass is 452 g/mol. The minimum Gasteiger partial charge on any atom is -0.348 e. The van der Waals surface area contributed by atoms with Crippen LogP contribution < -0.4 is 5.32 Å². The number of benzene rings is 3. The second kappa shape index (κ2) is 9.54. The number of hydrogen-bond donors (Lipinski definition) is 1. The lowest BCUT2D eigenvalue weighted by Crippen LogP contribution is -2.23. The first-order chi connectivity index (χ1) is 15.0. The minimum atomic E-state index is -0.248. The largest absolute Gasteiger partial charge is 0.348 e. The summed E-state index contributed by atoms with van der Waals surface area (Å²) in [6.07, 6.45) is 1.59. The van der Waals surface area contributed by atoms with E-state index in [1.165, 1.54) is 0 Å². The zero-order chi connectivity index (χ0) is 21.8. The molecule has 6 heteroatoms. The lowest BCUT2D eigenvalue weighted by molar-refractivity contribution is -0.128. The summed E-state index contributed by atoms with van der Waals surface area (Å²) in [5.74, 6) is -0.0203. The molecule has 31 heavy (non-hydrogen) atoms. The molecule has 0 atom stereocenters. The highest BCUT2D eigenvalue weighted by atomic mass is 35.5. The van der Waals surface area contributed by atoms with Crippen LogP contribution in [-0.4, -0.2) is 23.3 Å². The van der Waals surface area contributed by atoms with Crippen LogP contribution in [0.4, 0.5) is 0 Å². The number of halogens is 2. The van der Waals surface area contributed by atoms with Gasteiger partial charge >= 0.3 is 0 Å². The second-order valence-electron chi connectivity index (χ2n) is 7.58. The first kappa shape index (κ1) is 21.4. The maximum Gasteiger partial charge on any atom is 0.253 e. The Kier molecular flexibility index (Phi) is 6.59. The Morgan fingerprint density at radius 1 is 1.00 bits per heavy atom. The molecule has 0 aromatic heterocycles. The van der Waals surface area contributed by atoms with E-state index in [2.05, 4.69) is 29.6 Å². The van der Waals surface area contributed by atoms with Crippen LogP contribution >= 0.6 is 23.2 Å². The highest BCUT2D eigenvalue weighted by Gasteiger charge is 2.20. The average molecular weight is 453 g/mol. The molecule has 4 rings (SSSR count). The predicted molar refractivity (Wildman–Crippen MR) is 124 cm³/mol. The molecule has 158 valence electrons. The number of amides is 2. The van der Waals surface area contributed by atoms with Crippen molar-refractivity contribution in [1.29, 1.82) is 0 Å². The second-order valence-corrected chi connectivity index (χ2v) is 8.42. The van der Waals surface area contributed by atoms with Crippen molar-refractivity contribution in [2.45, 2.75) is 25.9 Å². The Labute approximate surface area is 191 Å². The molecule has 2 amide bonds. The molecule has 1 N–H and O–H groups in total. The molecular weight excluding hydrogens is 431 g/mol. The third-order valence-corrected chi connectivity index (χ3v) is 5.99. The third kappa shape index (κ3) is 5.09. The SMILES string of the molecule is O=C(NCc1ccccc1-c1ccc(CN2CCCC2=O)cc1)c1ccc(Cl)cc1Cl. The molecule has 0 unspecified atom stereocenters. The normalized spacial score (nSPS) is 13.5. The topological polar surface area (TPSA) is 49.4 Å². The maximum atomic E-state index is 12.6. The third-order valence-electron chi connectivity index (χ3n) is 5.44. The molecule has 1 heterocycles. The molecule has 0 saturated carbocycles. The van der Waals surface area contributed by atoms with Crippen molar-refractivity contribution >= 4 is 35.0 Å². The van der Waals surface area contributed by atoms with Gasteiger partial charge in [-0.2, -0.15) is 0 Å². The van der Waals surface area contributed by atoms with Crippen molar-refractivity contribution in [2.75, 3.05) is 6.54 Å². The van der Waals surface area contributed by atoms with Crippen LogP contribution in [0.3, 0.4) is 0 Å². The van der Waals surface area contributed by atoms with Crippen LogP contribution in [0.2, 0.25) is 10.0 Å². The highest BCUT2D eigenvalue weighted by Crippen LogP contribution is 2.26. The number of likely N-dealkylation sites (tertiary alicyclic amines) is 1. The molecule has 0 aliphatic carbocycles. The van der Waals surface area contributed by atoms with Gasteiger partial charge < -0.3 is 10.2 Å². The van der Waals surface area contributed by atoms with Crippen LogP contribution in [0, 0.1) is 0 Å². The van der Waals surface area contributed by atoms with Crippen LogP contribution in [0.15, 0.2) is 66.7 Å². The number of nitrogens with one attached hydrogen (secondary N) is 1. The van der Waals surface area contributed by atoms with E-state index < -0.39 is 0 Å². The van der Waals surface area contributed by atoms with Gasteiger partial charge in [0.1, 0.15) is 0 Å². The van der Waals surface area contributed by atoms with Gasteiger partial charge in [-0.3, -0.25) is 9.59 Å². The summed E-state index contributed by atoms with van der Waals surface area (Å²) >= 11 is 12.1. The fourth-order valence-electron chi connectivity index (χ4n) is 3.78. The Balaban J connectivity index is 1.47. The molecule has 1 aliphatic heterocycles. The van der Waals surface area contributed by atoms with Crippen LogP contribution in [0.25, 0.3) is 11.1 Å². The molecule has 1 aliphatic rings. The number of carbonyl (C=O) groups excluding carboxylic acids is 2. The lowest BCUT2D eigenvalue weighted by atomic mass is 9.98. The van der Waals surface area contributed by atoms with Crippen molar-refractivity contribution in [3.05, 3.63) is 93.5 Å². The van der Waals surface area contributed by atoms with Gasteiger partial charge in [0.05, 0.1) is 10.6 Å². The van der Waals surface area contributed by atoms with E-state index in [1.807, 2.05) is 29.2 Å². The van der Waals surface area contributed by atoms with Gasteiger partial charge in [0.15, 0.2) is 0 Å². The van der Waals surface area contributed by atoms with Gasteiger partial charge in [-0.15, -0.1) is 0 Å². The highest BCUT2D eigenvalue weighted by molar-refractivity contribution is 6.36. The van der Waals surface area contributed by atoms with Crippen molar-refractivity contribution in [1.82, 2.24) is 10.2 Å². The summed E-state index contributed by atoms with van der Waals surface area (Å²) in [5.41, 5.74) is 4.62. The van der Waals surface area contributed by atoms with E-state index >= 15 is 0 Å². The van der Waals surface area contributed by atoms with Crippen LogP contribution in [0.5, 0.6) is 0 Å². The molecule has 1 fully saturated rings. The smallest absolute Gasteiger partial charge is 0.253 e. The number of carbonyl (C=O) groups is 2. The number of hydrogen-bond acceptors (Lipinski definition) is 2. The van der Waals surface area contributed by atoms with Crippen molar-refractivity contribution < 1.29 is 9.59 Å². The Bertz CT molecular complexity index is 1110. The van der Waals surface area contributed by atoms with Crippen molar-refractivity contribution in [3.63, 3.8) is 0 Å². The zero-order valence-electron chi connectivity index (χ0n) is 16.9. The fraction of sp³-hybridized carbons (Fsp3) is 0.200. The minimum absolute atomic E-state index is 0.228. The van der Waals surface area contributed by atoms with E-state index in [4.69, 9.17) is 23.2 Å². The van der Waals surface area contributed by atoms with E-state index in [-0.39, 0.29) is 11.8 Å². The van der Waals surface area contributed by atoms with Crippen molar-refractivity contribution in [2.24, 2.45) is 0 Å². The van der Waals surface area contributed by atoms with Crippen LogP contribution in [-0.2, 0) is 17.9 Å². The fourth-order valence-corrected chi connectivity index (χ4v) is 4.28. The average Bonchev–Trinajstić information content (AvgIpc) is 3.17. The predicted octanol–water partition coefficient (Wildman–Crippen LogP) is 5.71. The van der Waals surface area contributed by atoms with E-state index in [0.717, 1.165) is 35.2 Å². The standard InChI is InChI=1S/C25H22Cl2N2O2/c26-20-11-12-22(23(27)14-20)25(31)28-15-19-4-1-2-5-21(19)18-9-7-17(8-10-18)16-29-13-3-6-24(29)30/h1-2,4-5,7-12,14H,3,6,13,15-16H2,(H,28,31). The van der Waals surface area contributed by atoms with Crippen molar-refractivity contribution in [3.8, 4) is 11.1 Å². The van der Waals surface area contributed by atoms with Gasteiger partial charge in [-0.25, -0.2) is 0 Å². The van der Waals surface area contributed by atoms with Gasteiger partial charge in [0.25, 0.3) is 5.91 Å². The summed E-state index contributed by atoms with van der Waals surface area (Å²) in [6.45, 7) is 1.86. The van der Waals surface area contributed by atoms with Gasteiger partial charge in [0, 0.05) is 31.1 Å². The lowest BCUT2D eigenvalue weighted by Gasteiger charge is -2.16. The van der Waals surface area contributed by atoms with E-state index in [9.17, 15) is 9.59 Å².